The predicted molar refractivity (Wildman–Crippen MR) is 156 cm³/mol. The normalized spacial score (nSPS) is 12.6. The van der Waals surface area contributed by atoms with E-state index in [1.165, 1.54) is 36.0 Å². The molecule has 0 unspecified atom stereocenters. The number of amides is 3. The molecular weight excluding hydrogens is 530 g/mol. The van der Waals surface area contributed by atoms with Crippen molar-refractivity contribution in [3.05, 3.63) is 87.9 Å². The monoisotopic (exact) mass is 557 g/mol. The fourth-order valence-electron chi connectivity index (χ4n) is 4.19. The number of halogens is 1. The van der Waals surface area contributed by atoms with Crippen molar-refractivity contribution < 1.29 is 9.59 Å². The van der Waals surface area contributed by atoms with Gasteiger partial charge >= 0.3 is 6.03 Å². The maximum absolute atomic E-state index is 13.0. The van der Waals surface area contributed by atoms with Crippen LogP contribution in [0.5, 0.6) is 0 Å². The van der Waals surface area contributed by atoms with Crippen LogP contribution in [0.1, 0.15) is 30.1 Å². The Bertz CT molecular complexity index is 1630. The number of hydrogen-bond donors (Lipinski definition) is 4. The highest BCUT2D eigenvalue weighted by atomic mass is 35.5. The summed E-state index contributed by atoms with van der Waals surface area (Å²) in [4.78, 5) is 42.2. The van der Waals surface area contributed by atoms with Crippen molar-refractivity contribution in [2.24, 2.45) is 5.92 Å². The van der Waals surface area contributed by atoms with Gasteiger partial charge in [-0.2, -0.15) is 5.10 Å². The first-order valence-electron chi connectivity index (χ1n) is 12.9. The number of hydrogen-bond acceptors (Lipinski definition) is 6. The van der Waals surface area contributed by atoms with E-state index in [-0.39, 0.29) is 28.0 Å². The number of anilines is 3. The number of nitrogen functional groups attached to an aromatic ring is 1. The molecule has 2 heterocycles. The number of nitrogens with zero attached hydrogens (tertiary/aromatic N) is 3. The number of aromatic nitrogens is 3. The van der Waals surface area contributed by atoms with Gasteiger partial charge < -0.3 is 21.7 Å². The summed E-state index contributed by atoms with van der Waals surface area (Å²) in [7, 11) is 0. The lowest BCUT2D eigenvalue weighted by Crippen LogP contribution is -2.30. The van der Waals surface area contributed by atoms with Crippen LogP contribution < -0.4 is 27.2 Å². The quantitative estimate of drug-likeness (QED) is 0.240. The van der Waals surface area contributed by atoms with Gasteiger partial charge in [-0.3, -0.25) is 14.6 Å². The van der Waals surface area contributed by atoms with E-state index in [9.17, 15) is 14.4 Å². The van der Waals surface area contributed by atoms with E-state index in [2.05, 4.69) is 26.0 Å². The third kappa shape index (κ3) is 6.13. The highest BCUT2D eigenvalue weighted by Crippen LogP contribution is 2.29. The van der Waals surface area contributed by atoms with Crippen molar-refractivity contribution in [1.82, 2.24) is 20.1 Å². The largest absolute Gasteiger partial charge is 0.396 e. The second kappa shape index (κ2) is 11.6. The lowest BCUT2D eigenvalue weighted by Gasteiger charge is -2.13. The van der Waals surface area contributed by atoms with Crippen LogP contribution in [-0.2, 0) is 6.54 Å². The molecule has 2 aromatic carbocycles. The fraction of sp³-hybridized carbons (Fsp3) is 0.207. The summed E-state index contributed by atoms with van der Waals surface area (Å²) >= 11 is 6.10. The minimum Gasteiger partial charge on any atom is -0.396 e. The van der Waals surface area contributed by atoms with Crippen LogP contribution in [0.2, 0.25) is 5.02 Å². The zero-order valence-electron chi connectivity index (χ0n) is 21.8. The van der Waals surface area contributed by atoms with Crippen LogP contribution in [0.4, 0.5) is 21.9 Å². The molecule has 1 aliphatic rings. The summed E-state index contributed by atoms with van der Waals surface area (Å²) in [5.41, 5.74) is 9.37. The maximum atomic E-state index is 13.0. The molecule has 1 saturated carbocycles. The van der Waals surface area contributed by atoms with Crippen molar-refractivity contribution in [1.29, 1.82) is 0 Å². The molecule has 0 aliphatic heterocycles. The number of rotatable bonds is 8. The molecule has 3 amide bonds. The molecule has 5 N–H and O–H groups in total. The summed E-state index contributed by atoms with van der Waals surface area (Å²) in [6.45, 7) is 2.79. The van der Waals surface area contributed by atoms with E-state index < -0.39 is 11.6 Å². The smallest absolute Gasteiger partial charge is 0.323 e. The maximum Gasteiger partial charge on any atom is 0.323 e. The van der Waals surface area contributed by atoms with Gasteiger partial charge in [-0.05, 0) is 61.1 Å². The molecular formula is C29H28ClN7O3. The first-order chi connectivity index (χ1) is 19.3. The lowest BCUT2D eigenvalue weighted by atomic mass is 9.99. The molecule has 0 radical (unpaired) electrons. The van der Waals surface area contributed by atoms with Crippen LogP contribution >= 0.6 is 11.6 Å². The Morgan fingerprint density at radius 2 is 1.75 bits per heavy atom. The summed E-state index contributed by atoms with van der Waals surface area (Å²) < 4.78 is 1.27. The molecule has 0 saturated heterocycles. The number of nitrogens with two attached hydrogens (primary N) is 1. The first kappa shape index (κ1) is 26.9. The number of nitrogens with one attached hydrogen (secondary N) is 3. The molecule has 0 atom stereocenters. The topological polar surface area (TPSA) is 144 Å². The van der Waals surface area contributed by atoms with E-state index in [1.807, 2.05) is 42.5 Å². The fourth-order valence-corrected chi connectivity index (χ4v) is 4.41. The van der Waals surface area contributed by atoms with Crippen LogP contribution in [0, 0.1) is 5.92 Å². The highest BCUT2D eigenvalue weighted by Gasteiger charge is 2.22. The number of urea groups is 1. The van der Waals surface area contributed by atoms with E-state index in [0.717, 1.165) is 16.7 Å². The Balaban J connectivity index is 1.41. The molecule has 1 fully saturated rings. The second-order valence-electron chi connectivity index (χ2n) is 9.54. The van der Waals surface area contributed by atoms with Crippen LogP contribution in [-0.4, -0.2) is 33.2 Å². The third-order valence-electron chi connectivity index (χ3n) is 6.55. The molecule has 4 aromatic rings. The average Bonchev–Trinajstić information content (AvgIpc) is 3.80. The Morgan fingerprint density at radius 1 is 1.02 bits per heavy atom. The van der Waals surface area contributed by atoms with Gasteiger partial charge in [-0.25, -0.2) is 9.48 Å². The van der Waals surface area contributed by atoms with Crippen molar-refractivity contribution in [2.75, 3.05) is 22.9 Å². The van der Waals surface area contributed by atoms with Gasteiger partial charge in [0.25, 0.3) is 11.5 Å². The molecule has 0 bridgehead atoms. The van der Waals surface area contributed by atoms with E-state index >= 15 is 0 Å². The minimum absolute atomic E-state index is 0.0350. The number of carbonyl (C=O) groups excluding carboxylic acids is 2. The molecule has 11 heteroatoms. The highest BCUT2D eigenvalue weighted by molar-refractivity contribution is 6.34. The van der Waals surface area contributed by atoms with E-state index in [1.54, 1.807) is 13.0 Å². The van der Waals surface area contributed by atoms with Gasteiger partial charge in [0, 0.05) is 30.4 Å². The van der Waals surface area contributed by atoms with Crippen LogP contribution in [0.3, 0.4) is 0 Å². The minimum atomic E-state index is -0.692. The van der Waals surface area contributed by atoms with Gasteiger partial charge in [-0.15, -0.1) is 0 Å². The molecule has 0 spiro atoms. The SMILES string of the molecule is CCn1nc(-c2cccc(-c3cccc(C(=O)NCC4CC4)c3)c2)cc(NC(=O)Nc2c(N)cncc2Cl)c1=O. The van der Waals surface area contributed by atoms with E-state index in [4.69, 9.17) is 17.3 Å². The van der Waals surface area contributed by atoms with Crippen molar-refractivity contribution >= 4 is 40.6 Å². The summed E-state index contributed by atoms with van der Waals surface area (Å²) in [6.07, 6.45) is 5.05. The van der Waals surface area contributed by atoms with Crippen molar-refractivity contribution in [3.8, 4) is 22.4 Å². The zero-order valence-corrected chi connectivity index (χ0v) is 22.5. The Morgan fingerprint density at radius 3 is 2.48 bits per heavy atom. The van der Waals surface area contributed by atoms with Crippen LogP contribution in [0.15, 0.2) is 71.8 Å². The summed E-state index contributed by atoms with van der Waals surface area (Å²) in [5.74, 6) is 0.505. The molecule has 204 valence electrons. The van der Waals surface area contributed by atoms with Gasteiger partial charge in [0.2, 0.25) is 0 Å². The first-order valence-corrected chi connectivity index (χ1v) is 13.3. The van der Waals surface area contributed by atoms with Gasteiger partial charge in [-0.1, -0.05) is 41.9 Å². The standard InChI is InChI=1S/C29H28ClN7O3/c1-2-37-28(39)25(34-29(40)35-26-22(30)15-32-16-23(26)31)13-24(36-37)20-7-3-5-18(11-20)19-6-4-8-21(12-19)27(38)33-14-17-9-10-17/h3-8,11-13,15-17H,2,9-10,14,31H2,1H3,(H,33,38)(H2,32,34,35,40). The number of pyridine rings is 1. The van der Waals surface area contributed by atoms with Gasteiger partial charge in [0.15, 0.2) is 0 Å². The second-order valence-corrected chi connectivity index (χ2v) is 9.95. The Hall–Kier alpha value is -4.70. The van der Waals surface area contributed by atoms with Crippen molar-refractivity contribution in [2.45, 2.75) is 26.3 Å². The number of carbonyl (C=O) groups is 2. The number of aryl methyl sites for hydroxylation is 1. The third-order valence-corrected chi connectivity index (χ3v) is 6.84. The zero-order chi connectivity index (χ0) is 28.2. The van der Waals surface area contributed by atoms with Gasteiger partial charge in [0.05, 0.1) is 28.3 Å². The van der Waals surface area contributed by atoms with Crippen molar-refractivity contribution in [3.63, 3.8) is 0 Å². The Labute approximate surface area is 235 Å². The molecule has 5 rings (SSSR count). The Kier molecular flexibility index (Phi) is 7.79. The number of benzene rings is 2. The van der Waals surface area contributed by atoms with E-state index in [0.29, 0.717) is 30.3 Å². The lowest BCUT2D eigenvalue weighted by molar-refractivity contribution is 0.0952. The van der Waals surface area contributed by atoms with Gasteiger partial charge in [0.1, 0.15) is 5.69 Å². The average molecular weight is 558 g/mol. The predicted octanol–water partition coefficient (Wildman–Crippen LogP) is 5.01. The summed E-state index contributed by atoms with van der Waals surface area (Å²) in [6, 6.07) is 15.9. The molecule has 10 nitrogen and oxygen atoms in total. The summed E-state index contributed by atoms with van der Waals surface area (Å²) in [5, 5.41) is 12.8. The molecule has 40 heavy (non-hydrogen) atoms. The molecule has 1 aliphatic carbocycles. The van der Waals surface area contributed by atoms with Crippen LogP contribution in [0.25, 0.3) is 22.4 Å². The molecule has 2 aromatic heterocycles.